The average Bonchev–Trinajstić information content (AvgIpc) is 3.98. The fourth-order valence-corrected chi connectivity index (χ4v) is 11.0. The minimum Gasteiger partial charge on any atom is -0.309 e. The van der Waals surface area contributed by atoms with Gasteiger partial charge in [0.25, 0.3) is 0 Å². The fourth-order valence-electron chi connectivity index (χ4n) is 11.0. The average molecular weight is 839 g/mol. The van der Waals surface area contributed by atoms with Crippen molar-refractivity contribution < 1.29 is 0 Å². The lowest BCUT2D eigenvalue weighted by Crippen LogP contribution is -2.33. The van der Waals surface area contributed by atoms with Crippen LogP contribution in [-0.4, -0.2) is 28.7 Å². The lowest BCUT2D eigenvalue weighted by molar-refractivity contribution is 0.332. The van der Waals surface area contributed by atoms with Crippen molar-refractivity contribution in [3.8, 4) is 40.1 Å². The maximum atomic E-state index is 5.43. The first-order valence-electron chi connectivity index (χ1n) is 22.8. The van der Waals surface area contributed by atoms with Gasteiger partial charge in [0, 0.05) is 54.8 Å². The molecule has 6 nitrogen and oxygen atoms in total. The van der Waals surface area contributed by atoms with Crippen LogP contribution in [-0.2, 0) is 10.8 Å². The Hall–Kier alpha value is -7.83. The summed E-state index contributed by atoms with van der Waals surface area (Å²) in [6.07, 6.45) is 2.31. The summed E-state index contributed by atoms with van der Waals surface area (Å²) in [6.45, 7) is 9.68. The topological polar surface area (TPSA) is 53.5 Å². The van der Waals surface area contributed by atoms with E-state index >= 15 is 0 Å². The van der Waals surface area contributed by atoms with Crippen LogP contribution >= 0.6 is 0 Å². The quantitative estimate of drug-likeness (QED) is 0.173. The van der Waals surface area contributed by atoms with Crippen molar-refractivity contribution in [2.75, 3.05) is 0 Å². The summed E-state index contributed by atoms with van der Waals surface area (Å²) >= 11 is 0. The second-order valence-electron chi connectivity index (χ2n) is 19.1. The van der Waals surface area contributed by atoms with Gasteiger partial charge in [-0.05, 0) is 102 Å². The van der Waals surface area contributed by atoms with Crippen molar-refractivity contribution in [1.82, 2.24) is 28.7 Å². The summed E-state index contributed by atoms with van der Waals surface area (Å²) < 4.78 is 7.08. The Kier molecular flexibility index (Phi) is 8.02. The molecule has 0 saturated carbocycles. The molecule has 0 radical (unpaired) electrons. The van der Waals surface area contributed by atoms with E-state index in [2.05, 4.69) is 205 Å². The van der Waals surface area contributed by atoms with Gasteiger partial charge in [0.15, 0.2) is 11.6 Å². The summed E-state index contributed by atoms with van der Waals surface area (Å²) in [5, 5.41) is 7.32. The molecule has 4 heterocycles. The smallest absolute Gasteiger partial charge is 0.238 e. The van der Waals surface area contributed by atoms with E-state index in [1.807, 2.05) is 18.2 Å². The summed E-state index contributed by atoms with van der Waals surface area (Å²) in [4.78, 5) is 16.0. The van der Waals surface area contributed by atoms with Gasteiger partial charge in [-0.2, -0.15) is 9.97 Å². The van der Waals surface area contributed by atoms with Crippen molar-refractivity contribution in [1.29, 1.82) is 0 Å². The predicted molar refractivity (Wildman–Crippen MR) is 269 cm³/mol. The Morgan fingerprint density at radius 1 is 0.354 bits per heavy atom. The normalized spacial score (nSPS) is 14.6. The number of rotatable bonds is 5. The third kappa shape index (κ3) is 5.63. The molecule has 0 bridgehead atoms. The van der Waals surface area contributed by atoms with E-state index < -0.39 is 0 Å². The largest absolute Gasteiger partial charge is 0.309 e. The molecule has 4 aromatic heterocycles. The van der Waals surface area contributed by atoms with E-state index in [1.165, 1.54) is 49.1 Å². The highest BCUT2D eigenvalue weighted by molar-refractivity contribution is 6.29. The predicted octanol–water partition coefficient (Wildman–Crippen LogP) is 14.8. The fraction of sp³-hybridized carbons (Fsp3) is 0.136. The van der Waals surface area contributed by atoms with E-state index in [4.69, 9.17) is 15.0 Å². The van der Waals surface area contributed by atoms with E-state index in [1.54, 1.807) is 0 Å². The minimum absolute atomic E-state index is 0.0517. The molecule has 312 valence electrons. The Bertz CT molecular complexity index is 3830. The molecule has 13 rings (SSSR count). The number of fused-ring (bicyclic) bond motifs is 11. The van der Waals surface area contributed by atoms with E-state index in [-0.39, 0.29) is 10.8 Å². The van der Waals surface area contributed by atoms with E-state index in [0.717, 1.165) is 62.8 Å². The zero-order chi connectivity index (χ0) is 43.6. The molecule has 0 N–H and O–H groups in total. The molecule has 8 aromatic carbocycles. The van der Waals surface area contributed by atoms with Crippen molar-refractivity contribution in [3.05, 3.63) is 193 Å². The van der Waals surface area contributed by atoms with Gasteiger partial charge < -0.3 is 9.13 Å². The molecule has 0 spiro atoms. The molecule has 0 unspecified atom stereocenters. The van der Waals surface area contributed by atoms with Crippen LogP contribution in [0, 0.1) is 0 Å². The van der Waals surface area contributed by atoms with Gasteiger partial charge in [0.2, 0.25) is 5.95 Å². The standard InChI is InChI=1S/C59H46N6/c1-58(2)32-33-59(3,4)46-36-52-44(35-45(46)58)54-50(63(52)39-21-9-6-10-22-39)30-31-51-53(54)43-26-13-16-29-49(43)65(51)57-61-55(37-18-7-5-8-19-37)60-56(62-57)38-20-17-23-40(34-38)64-47-27-14-11-24-41(47)42-25-12-15-28-48(42)64/h5-31,34-36H,32-33H2,1-4H3. The van der Waals surface area contributed by atoms with Crippen LogP contribution in [0.25, 0.3) is 106 Å². The highest BCUT2D eigenvalue weighted by Gasteiger charge is 2.38. The molecular formula is C59H46N6. The molecule has 0 fully saturated rings. The second-order valence-corrected chi connectivity index (χ2v) is 19.1. The third-order valence-electron chi connectivity index (χ3n) is 14.3. The van der Waals surface area contributed by atoms with Crippen LogP contribution in [0.1, 0.15) is 51.7 Å². The highest BCUT2D eigenvalue weighted by Crippen LogP contribution is 2.50. The zero-order valence-corrected chi connectivity index (χ0v) is 36.9. The Morgan fingerprint density at radius 3 is 1.49 bits per heavy atom. The molecule has 65 heavy (non-hydrogen) atoms. The Balaban J connectivity index is 1.10. The first-order valence-corrected chi connectivity index (χ1v) is 22.8. The van der Waals surface area contributed by atoms with Crippen LogP contribution < -0.4 is 0 Å². The van der Waals surface area contributed by atoms with Crippen molar-refractivity contribution in [2.45, 2.75) is 51.4 Å². The number of para-hydroxylation sites is 4. The molecule has 0 aliphatic heterocycles. The first kappa shape index (κ1) is 37.7. The molecule has 0 saturated heterocycles. The van der Waals surface area contributed by atoms with Crippen molar-refractivity contribution >= 4 is 65.4 Å². The van der Waals surface area contributed by atoms with Crippen molar-refractivity contribution in [3.63, 3.8) is 0 Å². The Labute approximate surface area is 377 Å². The molecule has 0 amide bonds. The van der Waals surface area contributed by atoms with Crippen LogP contribution in [0.2, 0.25) is 0 Å². The molecule has 0 atom stereocenters. The van der Waals surface area contributed by atoms with Crippen LogP contribution in [0.4, 0.5) is 0 Å². The highest BCUT2D eigenvalue weighted by atomic mass is 15.2. The molecule has 1 aliphatic carbocycles. The van der Waals surface area contributed by atoms with Gasteiger partial charge in [0.05, 0.1) is 33.1 Å². The monoisotopic (exact) mass is 838 g/mol. The minimum atomic E-state index is 0.0517. The second kappa shape index (κ2) is 13.8. The van der Waals surface area contributed by atoms with Gasteiger partial charge in [-0.1, -0.05) is 143 Å². The zero-order valence-electron chi connectivity index (χ0n) is 36.9. The maximum Gasteiger partial charge on any atom is 0.238 e. The van der Waals surface area contributed by atoms with Gasteiger partial charge in [-0.15, -0.1) is 0 Å². The van der Waals surface area contributed by atoms with Crippen LogP contribution in [0.5, 0.6) is 0 Å². The summed E-state index contributed by atoms with van der Waals surface area (Å²) in [5.41, 5.74) is 13.9. The lowest BCUT2D eigenvalue weighted by atomic mass is 9.63. The SMILES string of the molecule is CC1(C)CCC(C)(C)c2cc3c(cc21)c1c2c4ccccc4n(-c4nc(-c5ccccc5)nc(-c5cccc(-n6c7ccccc7c7ccccc76)c5)n4)c2ccc1n3-c1ccccc1. The Morgan fingerprint density at radius 2 is 0.831 bits per heavy atom. The van der Waals surface area contributed by atoms with E-state index in [0.29, 0.717) is 17.6 Å². The van der Waals surface area contributed by atoms with Gasteiger partial charge in [-0.25, -0.2) is 4.98 Å². The number of aromatic nitrogens is 6. The van der Waals surface area contributed by atoms with Crippen LogP contribution in [0.3, 0.4) is 0 Å². The third-order valence-corrected chi connectivity index (χ3v) is 14.3. The van der Waals surface area contributed by atoms with Crippen molar-refractivity contribution in [2.24, 2.45) is 0 Å². The van der Waals surface area contributed by atoms with Crippen LogP contribution in [0.15, 0.2) is 182 Å². The summed E-state index contributed by atoms with van der Waals surface area (Å²) in [6, 6.07) is 65.4. The van der Waals surface area contributed by atoms with Gasteiger partial charge in [-0.3, -0.25) is 4.57 Å². The summed E-state index contributed by atoms with van der Waals surface area (Å²) in [5.74, 6) is 1.81. The van der Waals surface area contributed by atoms with E-state index in [9.17, 15) is 0 Å². The number of nitrogens with zero attached hydrogens (tertiary/aromatic N) is 6. The lowest BCUT2D eigenvalue weighted by Gasteiger charge is -2.42. The maximum absolute atomic E-state index is 5.43. The molecule has 1 aliphatic rings. The number of hydrogen-bond acceptors (Lipinski definition) is 3. The van der Waals surface area contributed by atoms with Gasteiger partial charge in [0.1, 0.15) is 0 Å². The number of hydrogen-bond donors (Lipinski definition) is 0. The molecular weight excluding hydrogens is 793 g/mol. The summed E-state index contributed by atoms with van der Waals surface area (Å²) in [7, 11) is 0. The molecule has 6 heteroatoms. The first-order chi connectivity index (χ1) is 31.7. The van der Waals surface area contributed by atoms with Gasteiger partial charge >= 0.3 is 0 Å². The molecule has 12 aromatic rings. The number of benzene rings is 8.